The average molecular weight is 776 g/mol. The van der Waals surface area contributed by atoms with Crippen molar-refractivity contribution in [2.45, 2.75) is 0 Å². The SMILES string of the molecule is c1ccc(-c2ccc(-c3ccccc3N(c3ccc(-c4ccc5c(ccc6ccccc65)c4)cc3)c3ccc(-c4ccc5ccccc5c4-c4ccccc4)cc3)cc2)cc1. The summed E-state index contributed by atoms with van der Waals surface area (Å²) in [4.78, 5) is 2.40. The maximum Gasteiger partial charge on any atom is 0.0540 e. The van der Waals surface area contributed by atoms with Gasteiger partial charge in [-0.2, -0.15) is 0 Å². The van der Waals surface area contributed by atoms with E-state index in [-0.39, 0.29) is 0 Å². The van der Waals surface area contributed by atoms with Crippen LogP contribution in [-0.2, 0) is 0 Å². The third-order valence-corrected chi connectivity index (χ3v) is 12.1. The molecule has 0 saturated carbocycles. The van der Waals surface area contributed by atoms with E-state index in [9.17, 15) is 0 Å². The number of anilines is 3. The van der Waals surface area contributed by atoms with Crippen LogP contribution in [0.2, 0.25) is 0 Å². The molecule has 0 aliphatic rings. The summed E-state index contributed by atoms with van der Waals surface area (Å²) in [5.74, 6) is 0. The molecule has 11 aromatic rings. The Bertz CT molecular complexity index is 3310. The number of nitrogens with zero attached hydrogens (tertiary/aromatic N) is 1. The standard InChI is InChI=1S/C60H41N/c1-3-13-42(14-4-1)43-23-25-47(26-24-43)56-20-11-12-22-59(56)61(52-35-29-44(30-36-52)50-34-39-55-51(41-50)28-27-45-15-7-9-19-54(45)55)53-37-31-48(32-38-53)58-40-33-46-16-8-10-21-57(46)60(58)49-17-5-2-6-18-49/h1-41H. The van der Waals surface area contributed by atoms with Gasteiger partial charge in [0.15, 0.2) is 0 Å². The molecule has 1 heteroatoms. The van der Waals surface area contributed by atoms with Crippen LogP contribution in [0.5, 0.6) is 0 Å². The Morgan fingerprint density at radius 1 is 0.230 bits per heavy atom. The molecule has 0 amide bonds. The summed E-state index contributed by atoms with van der Waals surface area (Å²) in [6.07, 6.45) is 0. The summed E-state index contributed by atoms with van der Waals surface area (Å²) in [6.45, 7) is 0. The number of hydrogen-bond acceptors (Lipinski definition) is 1. The van der Waals surface area contributed by atoms with E-state index >= 15 is 0 Å². The third-order valence-electron chi connectivity index (χ3n) is 12.1. The van der Waals surface area contributed by atoms with Crippen molar-refractivity contribution in [3.63, 3.8) is 0 Å². The second-order valence-electron chi connectivity index (χ2n) is 15.7. The lowest BCUT2D eigenvalue weighted by molar-refractivity contribution is 1.28. The molecule has 1 nitrogen and oxygen atoms in total. The molecule has 11 aromatic carbocycles. The van der Waals surface area contributed by atoms with Gasteiger partial charge in [-0.15, -0.1) is 0 Å². The average Bonchev–Trinajstić information content (AvgIpc) is 3.35. The van der Waals surface area contributed by atoms with Crippen LogP contribution in [0.1, 0.15) is 0 Å². The van der Waals surface area contributed by atoms with Gasteiger partial charge in [-0.05, 0) is 119 Å². The Morgan fingerprint density at radius 2 is 0.672 bits per heavy atom. The van der Waals surface area contributed by atoms with E-state index in [1.54, 1.807) is 0 Å². The topological polar surface area (TPSA) is 3.24 Å². The van der Waals surface area contributed by atoms with E-state index in [1.165, 1.54) is 82.4 Å². The molecule has 0 atom stereocenters. The number of hydrogen-bond donors (Lipinski definition) is 0. The molecule has 0 aliphatic heterocycles. The minimum absolute atomic E-state index is 1.09. The van der Waals surface area contributed by atoms with Gasteiger partial charge in [0.25, 0.3) is 0 Å². The molecule has 0 heterocycles. The summed E-state index contributed by atoms with van der Waals surface area (Å²) >= 11 is 0. The van der Waals surface area contributed by atoms with Crippen molar-refractivity contribution in [2.24, 2.45) is 0 Å². The van der Waals surface area contributed by atoms with Crippen LogP contribution >= 0.6 is 0 Å². The maximum atomic E-state index is 2.40. The first-order chi connectivity index (χ1) is 30.2. The highest BCUT2D eigenvalue weighted by Gasteiger charge is 2.19. The lowest BCUT2D eigenvalue weighted by Gasteiger charge is -2.28. The van der Waals surface area contributed by atoms with Crippen molar-refractivity contribution < 1.29 is 0 Å². The summed E-state index contributed by atoms with van der Waals surface area (Å²) in [5, 5.41) is 7.57. The van der Waals surface area contributed by atoms with Gasteiger partial charge in [-0.25, -0.2) is 0 Å². The third kappa shape index (κ3) is 6.83. The van der Waals surface area contributed by atoms with Crippen LogP contribution in [0.15, 0.2) is 249 Å². The van der Waals surface area contributed by atoms with E-state index in [2.05, 4.69) is 254 Å². The van der Waals surface area contributed by atoms with Gasteiger partial charge in [0.05, 0.1) is 5.69 Å². The first-order valence-electron chi connectivity index (χ1n) is 21.0. The molecule has 0 bridgehead atoms. The fraction of sp³-hybridized carbons (Fsp3) is 0. The molecule has 0 radical (unpaired) electrons. The molecule has 0 unspecified atom stereocenters. The second-order valence-corrected chi connectivity index (χ2v) is 15.7. The zero-order chi connectivity index (χ0) is 40.5. The van der Waals surface area contributed by atoms with Crippen molar-refractivity contribution >= 4 is 49.4 Å². The van der Waals surface area contributed by atoms with Crippen LogP contribution in [0.25, 0.3) is 88.0 Å². The Balaban J connectivity index is 1.02. The number of rotatable bonds is 8. The summed E-state index contributed by atoms with van der Waals surface area (Å²) in [6, 6.07) is 90.4. The van der Waals surface area contributed by atoms with Crippen LogP contribution in [0.3, 0.4) is 0 Å². The van der Waals surface area contributed by atoms with E-state index in [0.717, 1.165) is 22.6 Å². The monoisotopic (exact) mass is 775 g/mol. The van der Waals surface area contributed by atoms with Crippen molar-refractivity contribution in [3.8, 4) is 55.6 Å². The van der Waals surface area contributed by atoms with E-state index in [4.69, 9.17) is 0 Å². The van der Waals surface area contributed by atoms with Crippen LogP contribution in [0.4, 0.5) is 17.1 Å². The van der Waals surface area contributed by atoms with Crippen LogP contribution in [0, 0.1) is 0 Å². The highest BCUT2D eigenvalue weighted by Crippen LogP contribution is 2.44. The summed E-state index contributed by atoms with van der Waals surface area (Å²) in [5.41, 5.74) is 15.3. The van der Waals surface area contributed by atoms with Crippen molar-refractivity contribution in [2.75, 3.05) is 4.90 Å². The van der Waals surface area contributed by atoms with Gasteiger partial charge in [0.2, 0.25) is 0 Å². The second kappa shape index (κ2) is 15.6. The van der Waals surface area contributed by atoms with Gasteiger partial charge in [-0.1, -0.05) is 212 Å². The van der Waals surface area contributed by atoms with Crippen LogP contribution < -0.4 is 4.90 Å². The lowest BCUT2D eigenvalue weighted by Crippen LogP contribution is -2.11. The molecule has 0 aliphatic carbocycles. The van der Waals surface area contributed by atoms with E-state index in [1.807, 2.05) is 0 Å². The molecular weight excluding hydrogens is 735 g/mol. The molecule has 61 heavy (non-hydrogen) atoms. The molecule has 0 saturated heterocycles. The highest BCUT2D eigenvalue weighted by molar-refractivity contribution is 6.08. The van der Waals surface area contributed by atoms with Gasteiger partial charge >= 0.3 is 0 Å². The lowest BCUT2D eigenvalue weighted by atomic mass is 9.89. The van der Waals surface area contributed by atoms with Crippen molar-refractivity contribution in [1.82, 2.24) is 0 Å². The van der Waals surface area contributed by atoms with Gasteiger partial charge < -0.3 is 4.90 Å². The molecule has 0 spiro atoms. The molecule has 0 N–H and O–H groups in total. The molecule has 11 rings (SSSR count). The quantitative estimate of drug-likeness (QED) is 0.139. The number of benzene rings is 11. The highest BCUT2D eigenvalue weighted by atomic mass is 15.1. The van der Waals surface area contributed by atoms with Crippen LogP contribution in [-0.4, -0.2) is 0 Å². The smallest absolute Gasteiger partial charge is 0.0540 e. The van der Waals surface area contributed by atoms with E-state index < -0.39 is 0 Å². The zero-order valence-electron chi connectivity index (χ0n) is 33.6. The predicted octanol–water partition coefficient (Wildman–Crippen LogP) is 17.0. The Kier molecular flexibility index (Phi) is 9.26. The first kappa shape index (κ1) is 36.1. The molecule has 0 aromatic heterocycles. The van der Waals surface area contributed by atoms with Crippen molar-refractivity contribution in [3.05, 3.63) is 249 Å². The fourth-order valence-corrected chi connectivity index (χ4v) is 9.03. The summed E-state index contributed by atoms with van der Waals surface area (Å²) in [7, 11) is 0. The molecule has 0 fully saturated rings. The van der Waals surface area contributed by atoms with E-state index in [0.29, 0.717) is 0 Å². The van der Waals surface area contributed by atoms with Gasteiger partial charge in [0, 0.05) is 16.9 Å². The maximum absolute atomic E-state index is 2.40. The Morgan fingerprint density at radius 3 is 1.39 bits per heavy atom. The normalized spacial score (nSPS) is 11.3. The minimum Gasteiger partial charge on any atom is -0.310 e. The predicted molar refractivity (Wildman–Crippen MR) is 261 cm³/mol. The largest absolute Gasteiger partial charge is 0.310 e. The zero-order valence-corrected chi connectivity index (χ0v) is 33.6. The van der Waals surface area contributed by atoms with Gasteiger partial charge in [0.1, 0.15) is 0 Å². The fourth-order valence-electron chi connectivity index (χ4n) is 9.03. The van der Waals surface area contributed by atoms with Gasteiger partial charge in [-0.3, -0.25) is 0 Å². The molecule has 286 valence electrons. The minimum atomic E-state index is 1.09. The molecular formula is C60H41N. The number of para-hydroxylation sites is 1. The summed E-state index contributed by atoms with van der Waals surface area (Å²) < 4.78 is 0. The first-order valence-corrected chi connectivity index (χ1v) is 21.0. The Labute approximate surface area is 357 Å². The van der Waals surface area contributed by atoms with Crippen molar-refractivity contribution in [1.29, 1.82) is 0 Å². The Hall–Kier alpha value is -8.00. The number of fused-ring (bicyclic) bond motifs is 4.